The van der Waals surface area contributed by atoms with E-state index in [9.17, 15) is 18.7 Å². The number of likely N-dealkylation sites (tertiary alicyclic amines) is 1. The maximum atomic E-state index is 13.1. The maximum Gasteiger partial charge on any atom is 0.345 e. The van der Waals surface area contributed by atoms with Crippen LogP contribution in [0.15, 0.2) is 11.2 Å². The normalized spacial score (nSPS) is 22.1. The van der Waals surface area contributed by atoms with E-state index in [2.05, 4.69) is 42.2 Å². The van der Waals surface area contributed by atoms with Crippen molar-refractivity contribution < 1.29 is 23.4 Å². The number of hydrogen-bond acceptors (Lipinski definition) is 8. The maximum absolute atomic E-state index is 13.1. The minimum absolute atomic E-state index is 0.00795. The quantitative estimate of drug-likeness (QED) is 0.300. The van der Waals surface area contributed by atoms with Gasteiger partial charge in [0.1, 0.15) is 5.56 Å². The number of alkyl halides is 2. The van der Waals surface area contributed by atoms with E-state index in [0.717, 1.165) is 57.9 Å². The lowest BCUT2D eigenvalue weighted by Gasteiger charge is -2.32. The number of halogens is 2. The van der Waals surface area contributed by atoms with E-state index in [-0.39, 0.29) is 30.6 Å². The van der Waals surface area contributed by atoms with Crippen LogP contribution in [0.1, 0.15) is 68.6 Å². The lowest BCUT2D eigenvalue weighted by molar-refractivity contribution is -0.132. The smallest absolute Gasteiger partial charge is 0.345 e. The lowest BCUT2D eigenvalue weighted by Crippen LogP contribution is -2.45. The highest BCUT2D eigenvalue weighted by Crippen LogP contribution is 2.25. The summed E-state index contributed by atoms with van der Waals surface area (Å²) in [6.07, 6.45) is 9.84. The predicted octanol–water partition coefficient (Wildman–Crippen LogP) is 3.38. The molecule has 2 heterocycles. The molecule has 0 unspecified atom stereocenters. The van der Waals surface area contributed by atoms with Gasteiger partial charge in [-0.05, 0) is 50.9 Å². The van der Waals surface area contributed by atoms with Gasteiger partial charge in [0.15, 0.2) is 5.82 Å². The third-order valence-corrected chi connectivity index (χ3v) is 6.55. The van der Waals surface area contributed by atoms with Crippen molar-refractivity contribution in [3.05, 3.63) is 11.8 Å². The number of ether oxygens (including phenoxy) is 1. The van der Waals surface area contributed by atoms with Crippen LogP contribution in [0.3, 0.4) is 0 Å². The van der Waals surface area contributed by atoms with Gasteiger partial charge in [-0.3, -0.25) is 4.79 Å². The molecule has 0 spiro atoms. The van der Waals surface area contributed by atoms with E-state index >= 15 is 0 Å². The van der Waals surface area contributed by atoms with Crippen LogP contribution in [0, 0.1) is 5.92 Å². The Morgan fingerprint density at radius 1 is 1.29 bits per heavy atom. The van der Waals surface area contributed by atoms with Crippen LogP contribution in [-0.4, -0.2) is 83.6 Å². The largest absolute Gasteiger partial charge is 0.393 e. The SMILES string of the molecule is CCCCNc1ncc(C(=O)NC2CCN(CCOC(F)F)CC2)c(N=CC2CCC(O)CC2)n1. The number of amides is 1. The zero-order chi connectivity index (χ0) is 25.0. The average Bonchev–Trinajstić information content (AvgIpc) is 2.85. The highest BCUT2D eigenvalue weighted by Gasteiger charge is 2.24. The molecule has 1 aromatic heterocycles. The summed E-state index contributed by atoms with van der Waals surface area (Å²) in [7, 11) is 0. The van der Waals surface area contributed by atoms with Gasteiger partial charge in [0.05, 0.1) is 12.7 Å². The third kappa shape index (κ3) is 9.38. The second-order valence-corrected chi connectivity index (χ2v) is 9.28. The Balaban J connectivity index is 1.60. The number of nitrogens with one attached hydrogen (secondary N) is 2. The summed E-state index contributed by atoms with van der Waals surface area (Å²) < 4.78 is 28.6. The van der Waals surface area contributed by atoms with E-state index in [1.807, 2.05) is 6.21 Å². The summed E-state index contributed by atoms with van der Waals surface area (Å²) in [5.74, 6) is 0.764. The summed E-state index contributed by atoms with van der Waals surface area (Å²) in [5, 5.41) is 16.0. The third-order valence-electron chi connectivity index (χ3n) is 6.55. The van der Waals surface area contributed by atoms with Gasteiger partial charge in [0, 0.05) is 44.6 Å². The standard InChI is InChI=1S/C24H38F2N6O3/c1-2-3-10-27-24-29-16-20(21(31-24)28-15-17-4-6-19(33)7-5-17)22(34)30-18-8-11-32(12-9-18)13-14-35-23(25)26/h15-19,23,33H,2-14H2,1H3,(H,30,34)(H,27,29,31). The Kier molecular flexibility index (Phi) is 11.2. The first-order chi connectivity index (χ1) is 16.9. The van der Waals surface area contributed by atoms with E-state index in [4.69, 9.17) is 0 Å². The molecule has 3 N–H and O–H groups in total. The molecule has 2 fully saturated rings. The molecule has 1 amide bonds. The molecule has 1 aromatic rings. The van der Waals surface area contributed by atoms with Gasteiger partial charge in [0.25, 0.3) is 5.91 Å². The number of anilines is 1. The molecule has 2 aliphatic rings. The fraction of sp³-hybridized carbons (Fsp3) is 0.750. The van der Waals surface area contributed by atoms with Crippen molar-refractivity contribution in [3.8, 4) is 0 Å². The van der Waals surface area contributed by atoms with Crippen LogP contribution in [-0.2, 0) is 4.74 Å². The number of aromatic nitrogens is 2. The van der Waals surface area contributed by atoms with Gasteiger partial charge in [0.2, 0.25) is 5.95 Å². The highest BCUT2D eigenvalue weighted by atomic mass is 19.3. The molecule has 1 aliphatic heterocycles. The Labute approximate surface area is 205 Å². The van der Waals surface area contributed by atoms with Gasteiger partial charge >= 0.3 is 6.61 Å². The fourth-order valence-corrected chi connectivity index (χ4v) is 4.36. The second kappa shape index (κ2) is 14.4. The minimum atomic E-state index is -2.75. The van der Waals surface area contributed by atoms with Gasteiger partial charge in [-0.2, -0.15) is 13.8 Å². The Morgan fingerprint density at radius 2 is 2.03 bits per heavy atom. The summed E-state index contributed by atoms with van der Waals surface area (Å²) >= 11 is 0. The molecule has 1 saturated carbocycles. The Bertz CT molecular complexity index is 812. The number of carbonyl (C=O) groups is 1. The van der Waals surface area contributed by atoms with E-state index in [0.29, 0.717) is 37.0 Å². The number of unbranched alkanes of at least 4 members (excludes halogenated alkanes) is 1. The first kappa shape index (κ1) is 27.3. The van der Waals surface area contributed by atoms with Crippen LogP contribution in [0.25, 0.3) is 0 Å². The molecule has 35 heavy (non-hydrogen) atoms. The van der Waals surface area contributed by atoms with Crippen LogP contribution in [0.2, 0.25) is 0 Å². The Hall–Kier alpha value is -2.24. The van der Waals surface area contributed by atoms with Crippen LogP contribution < -0.4 is 10.6 Å². The lowest BCUT2D eigenvalue weighted by atomic mass is 9.88. The number of hydrogen-bond donors (Lipinski definition) is 3. The van der Waals surface area contributed by atoms with Crippen molar-refractivity contribution in [2.45, 2.75) is 77.0 Å². The highest BCUT2D eigenvalue weighted by molar-refractivity contribution is 5.98. The van der Waals surface area contributed by atoms with E-state index in [1.165, 1.54) is 6.20 Å². The summed E-state index contributed by atoms with van der Waals surface area (Å²) in [4.78, 5) is 28.5. The molecular weight excluding hydrogens is 458 g/mol. The Morgan fingerprint density at radius 3 is 2.71 bits per heavy atom. The number of aliphatic hydroxyl groups excluding tert-OH is 1. The summed E-state index contributed by atoms with van der Waals surface area (Å²) in [6, 6.07) is -0.0196. The van der Waals surface area contributed by atoms with E-state index < -0.39 is 6.61 Å². The molecular formula is C24H38F2N6O3. The molecule has 0 bridgehead atoms. The molecule has 1 aliphatic carbocycles. The monoisotopic (exact) mass is 496 g/mol. The molecule has 9 nitrogen and oxygen atoms in total. The molecule has 0 aromatic carbocycles. The van der Waals surface area contributed by atoms with Crippen molar-refractivity contribution in [1.29, 1.82) is 0 Å². The molecule has 3 rings (SSSR count). The average molecular weight is 497 g/mol. The number of rotatable bonds is 12. The second-order valence-electron chi connectivity index (χ2n) is 9.28. The molecule has 0 radical (unpaired) electrons. The molecule has 0 atom stereocenters. The number of aliphatic imine (C=N–C) groups is 1. The van der Waals surface area contributed by atoms with Crippen molar-refractivity contribution in [1.82, 2.24) is 20.2 Å². The fourth-order valence-electron chi connectivity index (χ4n) is 4.36. The topological polar surface area (TPSA) is 112 Å². The zero-order valence-electron chi connectivity index (χ0n) is 20.5. The first-order valence-corrected chi connectivity index (χ1v) is 12.7. The van der Waals surface area contributed by atoms with Crippen molar-refractivity contribution in [2.24, 2.45) is 10.9 Å². The molecule has 11 heteroatoms. The van der Waals surface area contributed by atoms with Gasteiger partial charge in [-0.25, -0.2) is 9.98 Å². The van der Waals surface area contributed by atoms with Crippen molar-refractivity contribution >= 4 is 23.9 Å². The van der Waals surface area contributed by atoms with Crippen LogP contribution in [0.4, 0.5) is 20.5 Å². The number of aliphatic hydroxyl groups is 1. The van der Waals surface area contributed by atoms with Crippen LogP contribution in [0.5, 0.6) is 0 Å². The van der Waals surface area contributed by atoms with Crippen molar-refractivity contribution in [3.63, 3.8) is 0 Å². The minimum Gasteiger partial charge on any atom is -0.393 e. The number of nitrogens with zero attached hydrogens (tertiary/aromatic N) is 4. The summed E-state index contributed by atoms with van der Waals surface area (Å²) in [5.41, 5.74) is 0.325. The van der Waals surface area contributed by atoms with E-state index in [1.54, 1.807) is 0 Å². The first-order valence-electron chi connectivity index (χ1n) is 12.7. The van der Waals surface area contributed by atoms with Gasteiger partial charge in [-0.1, -0.05) is 13.3 Å². The summed E-state index contributed by atoms with van der Waals surface area (Å²) in [6.45, 7) is 1.94. The van der Waals surface area contributed by atoms with Gasteiger partial charge < -0.3 is 25.4 Å². The van der Waals surface area contributed by atoms with Gasteiger partial charge in [-0.15, -0.1) is 0 Å². The molecule has 196 valence electrons. The zero-order valence-corrected chi connectivity index (χ0v) is 20.5. The predicted molar refractivity (Wildman–Crippen MR) is 130 cm³/mol. The molecule has 1 saturated heterocycles. The number of carbonyl (C=O) groups excluding carboxylic acids is 1. The number of piperidine rings is 1. The van der Waals surface area contributed by atoms with Crippen molar-refractivity contribution in [2.75, 3.05) is 38.1 Å². The van der Waals surface area contributed by atoms with Crippen LogP contribution >= 0.6 is 0 Å².